The van der Waals surface area contributed by atoms with Crippen molar-refractivity contribution in [3.63, 3.8) is 0 Å². The molecule has 0 radical (unpaired) electrons. The van der Waals surface area contributed by atoms with E-state index in [2.05, 4.69) is 25.5 Å². The summed E-state index contributed by atoms with van der Waals surface area (Å²) >= 11 is 0. The Hall–Kier alpha value is -2.01. The number of methoxy groups -OCH3 is 1. The van der Waals surface area contributed by atoms with Crippen LogP contribution in [-0.4, -0.2) is 61.0 Å². The highest BCUT2D eigenvalue weighted by Crippen LogP contribution is 2.33. The average Bonchev–Trinajstić information content (AvgIpc) is 3.20. The minimum atomic E-state index is -4.38. The lowest BCUT2D eigenvalue weighted by Gasteiger charge is -2.22. The number of hydrogen-bond acceptors (Lipinski definition) is 6. The number of likely N-dealkylation sites (tertiary alicyclic amines) is 1. The number of ether oxygens (including phenoxy) is 1. The van der Waals surface area contributed by atoms with Crippen LogP contribution >= 0.6 is 0 Å². The molecule has 25 heavy (non-hydrogen) atoms. The first-order valence-electron chi connectivity index (χ1n) is 7.88. The fourth-order valence-electron chi connectivity index (χ4n) is 3.04. The lowest BCUT2D eigenvalue weighted by atomic mass is 10.2. The van der Waals surface area contributed by atoms with E-state index in [1.807, 2.05) is 18.7 Å². The van der Waals surface area contributed by atoms with Crippen molar-refractivity contribution in [3.8, 4) is 0 Å². The fourth-order valence-corrected chi connectivity index (χ4v) is 3.04. The summed E-state index contributed by atoms with van der Waals surface area (Å²) in [5.41, 5.74) is 1.87. The molecule has 11 heteroatoms. The number of aromatic amines is 1. The van der Waals surface area contributed by atoms with Gasteiger partial charge in [-0.05, 0) is 30.7 Å². The Morgan fingerprint density at radius 1 is 1.32 bits per heavy atom. The van der Waals surface area contributed by atoms with Gasteiger partial charge in [-0.1, -0.05) is 0 Å². The molecule has 2 atom stereocenters. The van der Waals surface area contributed by atoms with Crippen molar-refractivity contribution in [2.24, 2.45) is 0 Å². The Morgan fingerprint density at radius 2 is 2.08 bits per heavy atom. The Labute approximate surface area is 142 Å². The van der Waals surface area contributed by atoms with E-state index in [0.29, 0.717) is 13.0 Å². The number of hydrogen-bond donors (Lipinski definition) is 1. The van der Waals surface area contributed by atoms with Crippen molar-refractivity contribution < 1.29 is 17.9 Å². The summed E-state index contributed by atoms with van der Waals surface area (Å²) < 4.78 is 44.2. The largest absolute Gasteiger partial charge is 0.408 e. The Bertz CT molecular complexity index is 707. The van der Waals surface area contributed by atoms with Gasteiger partial charge in [0.1, 0.15) is 12.4 Å². The Morgan fingerprint density at radius 3 is 2.68 bits per heavy atom. The fraction of sp³-hybridized carbons (Fsp3) is 0.714. The van der Waals surface area contributed by atoms with Gasteiger partial charge in [0, 0.05) is 19.3 Å². The molecule has 1 N–H and O–H groups in total. The number of halogens is 3. The first-order valence-corrected chi connectivity index (χ1v) is 7.88. The molecule has 0 unspecified atom stereocenters. The van der Waals surface area contributed by atoms with Crippen LogP contribution in [0.1, 0.15) is 35.5 Å². The second kappa shape index (κ2) is 6.71. The van der Waals surface area contributed by atoms with Gasteiger partial charge >= 0.3 is 6.18 Å². The molecule has 0 saturated carbocycles. The molecule has 3 rings (SSSR count). The van der Waals surface area contributed by atoms with Crippen molar-refractivity contribution in [1.82, 2.24) is 35.1 Å². The van der Waals surface area contributed by atoms with Crippen LogP contribution in [0.15, 0.2) is 0 Å². The van der Waals surface area contributed by atoms with Gasteiger partial charge in [-0.3, -0.25) is 4.90 Å². The van der Waals surface area contributed by atoms with Crippen molar-refractivity contribution in [2.45, 2.75) is 51.7 Å². The topological polar surface area (TPSA) is 84.8 Å². The highest BCUT2D eigenvalue weighted by Gasteiger charge is 2.37. The maximum absolute atomic E-state index is 12.7. The molecule has 1 saturated heterocycles. The third-order valence-electron chi connectivity index (χ3n) is 4.44. The lowest BCUT2D eigenvalue weighted by Crippen LogP contribution is -2.29. The number of aromatic nitrogens is 6. The van der Waals surface area contributed by atoms with E-state index in [1.54, 1.807) is 7.11 Å². The molecular formula is C14H20F3N7O. The van der Waals surface area contributed by atoms with Crippen molar-refractivity contribution in [3.05, 3.63) is 23.0 Å². The second-order valence-corrected chi connectivity index (χ2v) is 6.24. The highest BCUT2D eigenvalue weighted by molar-refractivity contribution is 5.14. The minimum Gasteiger partial charge on any atom is -0.380 e. The first kappa shape index (κ1) is 17.8. The van der Waals surface area contributed by atoms with Gasteiger partial charge in [-0.2, -0.15) is 13.2 Å². The molecule has 2 aromatic heterocycles. The number of nitrogens with one attached hydrogen (secondary N) is 1. The normalized spacial score (nSPS) is 22.0. The zero-order valence-electron chi connectivity index (χ0n) is 14.2. The number of nitrogens with zero attached hydrogens (tertiary/aromatic N) is 6. The van der Waals surface area contributed by atoms with Gasteiger partial charge in [-0.15, -0.1) is 5.10 Å². The first-order chi connectivity index (χ1) is 11.8. The van der Waals surface area contributed by atoms with E-state index >= 15 is 0 Å². The van der Waals surface area contributed by atoms with Crippen LogP contribution in [0.25, 0.3) is 0 Å². The predicted octanol–water partition coefficient (Wildman–Crippen LogP) is 1.54. The number of tetrazole rings is 1. The summed E-state index contributed by atoms with van der Waals surface area (Å²) in [5.74, 6) is 0.948. The molecule has 138 valence electrons. The summed E-state index contributed by atoms with van der Waals surface area (Å²) in [6.45, 7) is 3.39. The number of imidazole rings is 1. The maximum atomic E-state index is 12.7. The van der Waals surface area contributed by atoms with Crippen LogP contribution in [0.5, 0.6) is 0 Å². The van der Waals surface area contributed by atoms with Gasteiger partial charge in [0.25, 0.3) is 0 Å². The SMILES string of the molecule is CO[C@@H]1C[C@@H](c2nc(C)c(C)[nH]2)N(Cc2nnnn2CC(F)(F)F)C1. The molecule has 1 aliphatic rings. The zero-order valence-corrected chi connectivity index (χ0v) is 14.2. The second-order valence-electron chi connectivity index (χ2n) is 6.24. The van der Waals surface area contributed by atoms with Crippen LogP contribution in [0, 0.1) is 13.8 Å². The van der Waals surface area contributed by atoms with Crippen LogP contribution in [0.4, 0.5) is 13.2 Å². The van der Waals surface area contributed by atoms with E-state index in [-0.39, 0.29) is 24.5 Å². The molecule has 8 nitrogen and oxygen atoms in total. The van der Waals surface area contributed by atoms with Crippen molar-refractivity contribution in [2.75, 3.05) is 13.7 Å². The summed E-state index contributed by atoms with van der Waals surface area (Å²) in [6, 6.07) is -0.0895. The third-order valence-corrected chi connectivity index (χ3v) is 4.44. The standard InChI is InChI=1S/C14H20F3N7O/c1-8-9(2)19-13(18-8)11-4-10(25-3)5-23(11)6-12-20-21-22-24(12)7-14(15,16)17/h10-11H,4-7H2,1-3H3,(H,18,19)/t10-,11+/m1/s1. The summed E-state index contributed by atoms with van der Waals surface area (Å²) in [4.78, 5) is 9.77. The van der Waals surface area contributed by atoms with Gasteiger partial charge in [0.05, 0.1) is 24.4 Å². The molecule has 2 aromatic rings. The molecule has 0 bridgehead atoms. The van der Waals surface area contributed by atoms with Crippen molar-refractivity contribution in [1.29, 1.82) is 0 Å². The summed E-state index contributed by atoms with van der Waals surface area (Å²) in [5, 5.41) is 10.6. The van der Waals surface area contributed by atoms with Crippen LogP contribution in [-0.2, 0) is 17.8 Å². The molecule has 0 spiro atoms. The summed E-state index contributed by atoms with van der Waals surface area (Å²) in [6.07, 6.45) is -3.70. The number of aryl methyl sites for hydroxylation is 2. The predicted molar refractivity (Wildman–Crippen MR) is 80.5 cm³/mol. The van der Waals surface area contributed by atoms with E-state index in [9.17, 15) is 13.2 Å². The van der Waals surface area contributed by atoms with Gasteiger partial charge in [0.15, 0.2) is 5.82 Å². The molecular weight excluding hydrogens is 339 g/mol. The number of H-pyrrole nitrogens is 1. The lowest BCUT2D eigenvalue weighted by molar-refractivity contribution is -0.143. The molecule has 1 aliphatic heterocycles. The highest BCUT2D eigenvalue weighted by atomic mass is 19.4. The van der Waals surface area contributed by atoms with Crippen molar-refractivity contribution >= 4 is 0 Å². The van der Waals surface area contributed by atoms with E-state index in [1.165, 1.54) is 0 Å². The van der Waals surface area contributed by atoms with Crippen LogP contribution in [0.3, 0.4) is 0 Å². The zero-order chi connectivity index (χ0) is 18.2. The molecule has 0 amide bonds. The molecule has 0 aromatic carbocycles. The van der Waals surface area contributed by atoms with Gasteiger partial charge in [0.2, 0.25) is 0 Å². The Balaban J connectivity index is 1.81. The monoisotopic (exact) mass is 359 g/mol. The van der Waals surface area contributed by atoms with Gasteiger partial charge in [-0.25, -0.2) is 9.67 Å². The molecule has 1 fully saturated rings. The van der Waals surface area contributed by atoms with E-state index in [4.69, 9.17) is 4.74 Å². The minimum absolute atomic E-state index is 0.0253. The van der Waals surface area contributed by atoms with E-state index < -0.39 is 12.7 Å². The van der Waals surface area contributed by atoms with Crippen LogP contribution < -0.4 is 0 Å². The smallest absolute Gasteiger partial charge is 0.380 e. The Kier molecular flexibility index (Phi) is 4.78. The summed E-state index contributed by atoms with van der Waals surface area (Å²) in [7, 11) is 1.62. The molecule has 0 aliphatic carbocycles. The maximum Gasteiger partial charge on any atom is 0.408 e. The number of alkyl halides is 3. The van der Waals surface area contributed by atoms with Gasteiger partial charge < -0.3 is 9.72 Å². The van der Waals surface area contributed by atoms with Crippen LogP contribution in [0.2, 0.25) is 0 Å². The third kappa shape index (κ3) is 3.98. The molecule has 3 heterocycles. The average molecular weight is 359 g/mol. The quantitative estimate of drug-likeness (QED) is 0.872. The van der Waals surface area contributed by atoms with E-state index in [0.717, 1.165) is 21.9 Å². The number of rotatable bonds is 5.